The van der Waals surface area contributed by atoms with E-state index in [1.807, 2.05) is 41.9 Å². The van der Waals surface area contributed by atoms with Crippen molar-refractivity contribution in [2.75, 3.05) is 0 Å². The SMILES string of the molecule is Cn1c(-c2ccccc2)nc2oc(C=C3C(=O)c4c(Cl)ccc(Cl)c4C3=O)cc21. The summed E-state index contributed by atoms with van der Waals surface area (Å²) in [5.74, 6) is 0.193. The Morgan fingerprint density at radius 3 is 2.17 bits per heavy atom. The molecule has 29 heavy (non-hydrogen) atoms. The van der Waals surface area contributed by atoms with Crippen LogP contribution in [-0.4, -0.2) is 21.1 Å². The molecule has 0 bridgehead atoms. The van der Waals surface area contributed by atoms with Gasteiger partial charge in [-0.05, 0) is 18.2 Å². The fourth-order valence-electron chi connectivity index (χ4n) is 3.55. The zero-order valence-electron chi connectivity index (χ0n) is 15.1. The lowest BCUT2D eigenvalue weighted by atomic mass is 10.1. The molecular formula is C22H12Cl2N2O3. The van der Waals surface area contributed by atoms with E-state index in [2.05, 4.69) is 4.98 Å². The van der Waals surface area contributed by atoms with Crippen molar-refractivity contribution >= 4 is 52.1 Å². The molecule has 0 unspecified atom stereocenters. The molecule has 0 saturated heterocycles. The molecule has 0 atom stereocenters. The summed E-state index contributed by atoms with van der Waals surface area (Å²) in [7, 11) is 1.88. The third kappa shape index (κ3) is 2.66. The number of carbonyl (C=O) groups is 2. The number of hydrogen-bond donors (Lipinski definition) is 0. The second-order valence-electron chi connectivity index (χ2n) is 6.70. The summed E-state index contributed by atoms with van der Waals surface area (Å²) in [6.07, 6.45) is 1.42. The standard InChI is InChI=1S/C22H12Cl2N2O3/c1-26-16-10-12(29-22(16)25-21(26)11-5-3-2-4-6-11)9-13-19(27)17-14(23)7-8-15(24)18(17)20(13)28/h2-10H,1H3. The van der Waals surface area contributed by atoms with Gasteiger partial charge in [0.2, 0.25) is 5.71 Å². The average Bonchev–Trinajstić information content (AvgIpc) is 3.33. The average molecular weight is 423 g/mol. The summed E-state index contributed by atoms with van der Waals surface area (Å²) >= 11 is 12.2. The number of ketones is 2. The Labute approximate surface area is 175 Å². The molecule has 1 aliphatic carbocycles. The summed E-state index contributed by atoms with van der Waals surface area (Å²) in [5, 5.41) is 0.398. The fraction of sp³-hybridized carbons (Fsp3) is 0.0455. The van der Waals surface area contributed by atoms with E-state index in [0.717, 1.165) is 16.9 Å². The number of imidazole rings is 1. The van der Waals surface area contributed by atoms with Crippen LogP contribution in [-0.2, 0) is 7.05 Å². The number of nitrogens with zero attached hydrogens (tertiary/aromatic N) is 2. The van der Waals surface area contributed by atoms with Gasteiger partial charge in [0.1, 0.15) is 17.1 Å². The van der Waals surface area contributed by atoms with E-state index in [1.54, 1.807) is 6.07 Å². The molecule has 0 N–H and O–H groups in total. The van der Waals surface area contributed by atoms with Crippen LogP contribution in [0.25, 0.3) is 28.7 Å². The topological polar surface area (TPSA) is 65.1 Å². The van der Waals surface area contributed by atoms with Crippen molar-refractivity contribution in [2.45, 2.75) is 0 Å². The summed E-state index contributed by atoms with van der Waals surface area (Å²) in [5.41, 5.74) is 2.37. The third-order valence-electron chi connectivity index (χ3n) is 4.96. The lowest BCUT2D eigenvalue weighted by Crippen LogP contribution is -2.00. The predicted octanol–water partition coefficient (Wildman–Crippen LogP) is 5.60. The zero-order valence-corrected chi connectivity index (χ0v) is 16.6. The van der Waals surface area contributed by atoms with Gasteiger partial charge in [0.05, 0.1) is 26.7 Å². The Kier molecular flexibility index (Phi) is 3.98. The first-order valence-corrected chi connectivity index (χ1v) is 9.52. The molecule has 142 valence electrons. The Hall–Kier alpha value is -3.15. The normalized spacial score (nSPS) is 13.4. The molecular weight excluding hydrogens is 411 g/mol. The number of furan rings is 1. The molecule has 4 aromatic rings. The van der Waals surface area contributed by atoms with Gasteiger partial charge < -0.3 is 8.98 Å². The Balaban J connectivity index is 1.58. The number of halogens is 2. The van der Waals surface area contributed by atoms with Gasteiger partial charge in [-0.2, -0.15) is 4.98 Å². The minimum atomic E-state index is -0.462. The molecule has 2 aromatic carbocycles. The number of rotatable bonds is 2. The van der Waals surface area contributed by atoms with E-state index in [1.165, 1.54) is 18.2 Å². The second-order valence-corrected chi connectivity index (χ2v) is 7.51. The van der Waals surface area contributed by atoms with E-state index in [-0.39, 0.29) is 26.7 Å². The van der Waals surface area contributed by atoms with Crippen molar-refractivity contribution < 1.29 is 14.0 Å². The quantitative estimate of drug-likeness (QED) is 0.311. The van der Waals surface area contributed by atoms with Crippen LogP contribution in [0.4, 0.5) is 0 Å². The number of Topliss-reactive ketones (excluding diaryl/α,β-unsaturated/α-hetero) is 2. The number of aromatic nitrogens is 2. The molecule has 5 nitrogen and oxygen atoms in total. The van der Waals surface area contributed by atoms with Crippen LogP contribution < -0.4 is 0 Å². The van der Waals surface area contributed by atoms with Crippen molar-refractivity contribution in [1.82, 2.24) is 9.55 Å². The van der Waals surface area contributed by atoms with Crippen molar-refractivity contribution in [3.05, 3.63) is 81.0 Å². The van der Waals surface area contributed by atoms with Crippen LogP contribution >= 0.6 is 23.2 Å². The van der Waals surface area contributed by atoms with Gasteiger partial charge in [0.25, 0.3) is 0 Å². The first-order chi connectivity index (χ1) is 14.0. The smallest absolute Gasteiger partial charge is 0.245 e. The third-order valence-corrected chi connectivity index (χ3v) is 5.59. The van der Waals surface area contributed by atoms with Crippen LogP contribution in [0.3, 0.4) is 0 Å². The van der Waals surface area contributed by atoms with Crippen molar-refractivity contribution in [1.29, 1.82) is 0 Å². The summed E-state index contributed by atoms with van der Waals surface area (Å²) in [6.45, 7) is 0. The van der Waals surface area contributed by atoms with Gasteiger partial charge in [-0.25, -0.2) is 0 Å². The highest BCUT2D eigenvalue weighted by Gasteiger charge is 2.37. The van der Waals surface area contributed by atoms with Gasteiger partial charge in [0.15, 0.2) is 11.6 Å². The number of benzene rings is 2. The lowest BCUT2D eigenvalue weighted by Gasteiger charge is -2.01. The first kappa shape index (κ1) is 17.9. The number of carbonyl (C=O) groups excluding carboxylic acids is 2. The maximum atomic E-state index is 12.7. The molecule has 0 saturated carbocycles. The predicted molar refractivity (Wildman–Crippen MR) is 112 cm³/mol. The van der Waals surface area contributed by atoms with Crippen LogP contribution in [0.15, 0.2) is 58.5 Å². The molecule has 5 rings (SSSR count). The van der Waals surface area contributed by atoms with Crippen LogP contribution in [0.2, 0.25) is 10.0 Å². The maximum Gasteiger partial charge on any atom is 0.245 e. The van der Waals surface area contributed by atoms with E-state index in [4.69, 9.17) is 27.6 Å². The Morgan fingerprint density at radius 1 is 0.966 bits per heavy atom. The van der Waals surface area contributed by atoms with Crippen LogP contribution in [0.5, 0.6) is 0 Å². The molecule has 1 aliphatic rings. The first-order valence-electron chi connectivity index (χ1n) is 8.76. The molecule has 0 aliphatic heterocycles. The Bertz CT molecular complexity index is 1320. The number of fused-ring (bicyclic) bond motifs is 2. The zero-order chi connectivity index (χ0) is 20.3. The minimum Gasteiger partial charge on any atom is -0.437 e. The second kappa shape index (κ2) is 6.44. The summed E-state index contributed by atoms with van der Waals surface area (Å²) in [4.78, 5) is 30.0. The molecule has 0 spiro atoms. The minimum absolute atomic E-state index is 0.0302. The van der Waals surface area contributed by atoms with Gasteiger partial charge in [0, 0.05) is 18.7 Å². The van der Waals surface area contributed by atoms with Gasteiger partial charge in [-0.3, -0.25) is 9.59 Å². The largest absolute Gasteiger partial charge is 0.437 e. The van der Waals surface area contributed by atoms with Gasteiger partial charge in [-0.15, -0.1) is 0 Å². The van der Waals surface area contributed by atoms with E-state index in [0.29, 0.717) is 11.5 Å². The monoisotopic (exact) mass is 422 g/mol. The number of aryl methyl sites for hydroxylation is 1. The summed E-state index contributed by atoms with van der Waals surface area (Å²) < 4.78 is 7.69. The fourth-order valence-corrected chi connectivity index (χ4v) is 4.04. The van der Waals surface area contributed by atoms with Crippen LogP contribution in [0, 0.1) is 0 Å². The maximum absolute atomic E-state index is 12.7. The molecule has 0 amide bonds. The van der Waals surface area contributed by atoms with Crippen molar-refractivity contribution in [3.63, 3.8) is 0 Å². The van der Waals surface area contributed by atoms with Crippen molar-refractivity contribution in [2.24, 2.45) is 7.05 Å². The van der Waals surface area contributed by atoms with E-state index >= 15 is 0 Å². The molecule has 7 heteroatoms. The van der Waals surface area contributed by atoms with E-state index in [9.17, 15) is 9.59 Å². The molecule has 0 fully saturated rings. The Morgan fingerprint density at radius 2 is 1.59 bits per heavy atom. The number of hydrogen-bond acceptors (Lipinski definition) is 4. The highest BCUT2D eigenvalue weighted by molar-refractivity contribution is 6.49. The molecule has 0 radical (unpaired) electrons. The highest BCUT2D eigenvalue weighted by Crippen LogP contribution is 2.37. The van der Waals surface area contributed by atoms with Gasteiger partial charge >= 0.3 is 0 Å². The highest BCUT2D eigenvalue weighted by atomic mass is 35.5. The van der Waals surface area contributed by atoms with Crippen molar-refractivity contribution in [3.8, 4) is 11.4 Å². The summed E-state index contributed by atoms with van der Waals surface area (Å²) in [6, 6.07) is 14.5. The van der Waals surface area contributed by atoms with Crippen LogP contribution in [0.1, 0.15) is 26.5 Å². The lowest BCUT2D eigenvalue weighted by molar-refractivity contribution is 0.0990. The van der Waals surface area contributed by atoms with Gasteiger partial charge in [-0.1, -0.05) is 53.5 Å². The molecule has 2 aromatic heterocycles. The van der Waals surface area contributed by atoms with E-state index < -0.39 is 11.6 Å². The number of allylic oxidation sites excluding steroid dienone is 1. The molecule has 2 heterocycles.